The zero-order valence-corrected chi connectivity index (χ0v) is 10.9. The minimum Gasteiger partial charge on any atom is -0.369 e. The number of imidazole rings is 1. The molecule has 1 unspecified atom stereocenters. The van der Waals surface area contributed by atoms with E-state index in [4.69, 9.17) is 5.73 Å². The topological polar surface area (TPSA) is 56.7 Å². The third-order valence-electron chi connectivity index (χ3n) is 3.01. The highest BCUT2D eigenvalue weighted by atomic mass is 32.1. The first-order chi connectivity index (χ1) is 8.75. The van der Waals surface area contributed by atoms with Crippen molar-refractivity contribution in [1.29, 1.82) is 0 Å². The van der Waals surface area contributed by atoms with Crippen molar-refractivity contribution >= 4 is 28.3 Å². The molecule has 0 aliphatic rings. The molecular formula is C13H14N4S. The summed E-state index contributed by atoms with van der Waals surface area (Å²) in [5.41, 5.74) is 8.02. The summed E-state index contributed by atoms with van der Waals surface area (Å²) in [6.45, 7) is 2.97. The molecule has 0 bridgehead atoms. The van der Waals surface area contributed by atoms with Crippen molar-refractivity contribution in [3.05, 3.63) is 40.8 Å². The molecule has 0 aliphatic carbocycles. The lowest BCUT2D eigenvalue weighted by atomic mass is 10.2. The second-order valence-corrected chi connectivity index (χ2v) is 5.27. The van der Waals surface area contributed by atoms with E-state index < -0.39 is 0 Å². The van der Waals surface area contributed by atoms with Crippen LogP contribution >= 0.6 is 11.3 Å². The Balaban J connectivity index is 1.97. The summed E-state index contributed by atoms with van der Waals surface area (Å²) in [7, 11) is 0. The summed E-state index contributed by atoms with van der Waals surface area (Å²) in [5, 5.41) is 3.13. The molecule has 1 aromatic carbocycles. The lowest BCUT2D eigenvalue weighted by molar-refractivity contribution is 0.614. The molecule has 0 amide bonds. The molecule has 0 saturated carbocycles. The second-order valence-electron chi connectivity index (χ2n) is 4.34. The molecule has 18 heavy (non-hydrogen) atoms. The van der Waals surface area contributed by atoms with Crippen molar-refractivity contribution in [2.24, 2.45) is 0 Å². The van der Waals surface area contributed by atoms with Crippen molar-refractivity contribution in [1.82, 2.24) is 14.5 Å². The van der Waals surface area contributed by atoms with Gasteiger partial charge in [0.25, 0.3) is 0 Å². The van der Waals surface area contributed by atoms with Gasteiger partial charge in [-0.15, -0.1) is 11.3 Å². The number of nitrogen functional groups attached to an aromatic ring is 1. The van der Waals surface area contributed by atoms with Crippen molar-refractivity contribution in [3.8, 4) is 0 Å². The van der Waals surface area contributed by atoms with Gasteiger partial charge in [0.1, 0.15) is 0 Å². The lowest BCUT2D eigenvalue weighted by Crippen LogP contribution is -2.09. The number of benzene rings is 1. The summed E-state index contributed by atoms with van der Waals surface area (Å²) < 4.78 is 2.06. The van der Waals surface area contributed by atoms with Gasteiger partial charge in [-0.05, 0) is 12.1 Å². The van der Waals surface area contributed by atoms with Gasteiger partial charge in [0.2, 0.25) is 5.95 Å². The Bertz CT molecular complexity index is 657. The Morgan fingerprint density at radius 1 is 1.39 bits per heavy atom. The molecule has 1 atom stereocenters. The summed E-state index contributed by atoms with van der Waals surface area (Å²) in [6, 6.07) is 8.01. The standard InChI is InChI=1S/C13H14N4S/c1-9(12-15-6-7-18-12)8-17-11-5-3-2-4-10(11)16-13(17)14/h2-7,9H,8H2,1H3,(H2,14,16). The molecule has 0 aliphatic heterocycles. The number of thiazole rings is 1. The molecule has 4 nitrogen and oxygen atoms in total. The molecule has 0 radical (unpaired) electrons. The van der Waals surface area contributed by atoms with Crippen molar-refractivity contribution in [3.63, 3.8) is 0 Å². The van der Waals surface area contributed by atoms with Crippen LogP contribution in [0.25, 0.3) is 11.0 Å². The number of anilines is 1. The Labute approximate surface area is 109 Å². The fourth-order valence-electron chi connectivity index (χ4n) is 2.12. The molecule has 0 spiro atoms. The van der Waals surface area contributed by atoms with Crippen LogP contribution in [0.15, 0.2) is 35.8 Å². The van der Waals surface area contributed by atoms with Gasteiger partial charge in [0, 0.05) is 24.0 Å². The predicted octanol–water partition coefficient (Wildman–Crippen LogP) is 2.88. The van der Waals surface area contributed by atoms with Gasteiger partial charge in [-0.1, -0.05) is 19.1 Å². The second kappa shape index (κ2) is 4.42. The van der Waals surface area contributed by atoms with Gasteiger partial charge in [0.15, 0.2) is 0 Å². The molecule has 5 heteroatoms. The largest absolute Gasteiger partial charge is 0.369 e. The Kier molecular flexibility index (Phi) is 2.76. The first-order valence-electron chi connectivity index (χ1n) is 5.86. The van der Waals surface area contributed by atoms with Crippen LogP contribution in [0.3, 0.4) is 0 Å². The van der Waals surface area contributed by atoms with Crippen LogP contribution in [0.2, 0.25) is 0 Å². The number of nitrogens with two attached hydrogens (primary N) is 1. The van der Waals surface area contributed by atoms with Crippen LogP contribution in [0.1, 0.15) is 17.8 Å². The van der Waals surface area contributed by atoms with Gasteiger partial charge in [-0.2, -0.15) is 0 Å². The third kappa shape index (κ3) is 1.86. The molecular weight excluding hydrogens is 244 g/mol. The molecule has 2 aromatic heterocycles. The average Bonchev–Trinajstić information content (AvgIpc) is 2.98. The van der Waals surface area contributed by atoms with Crippen LogP contribution in [-0.4, -0.2) is 14.5 Å². The molecule has 0 saturated heterocycles. The maximum absolute atomic E-state index is 5.99. The minimum absolute atomic E-state index is 0.338. The highest BCUT2D eigenvalue weighted by Crippen LogP contribution is 2.24. The number of hydrogen-bond donors (Lipinski definition) is 1. The maximum atomic E-state index is 5.99. The van der Waals surface area contributed by atoms with E-state index in [0.717, 1.165) is 22.6 Å². The van der Waals surface area contributed by atoms with Gasteiger partial charge in [-0.25, -0.2) is 9.97 Å². The zero-order valence-electron chi connectivity index (χ0n) is 10.1. The van der Waals surface area contributed by atoms with Crippen LogP contribution in [0, 0.1) is 0 Å². The monoisotopic (exact) mass is 258 g/mol. The van der Waals surface area contributed by atoms with E-state index >= 15 is 0 Å². The number of hydrogen-bond acceptors (Lipinski definition) is 4. The summed E-state index contributed by atoms with van der Waals surface area (Å²) in [4.78, 5) is 8.72. The van der Waals surface area contributed by atoms with Gasteiger partial charge in [0.05, 0.1) is 16.0 Å². The summed E-state index contributed by atoms with van der Waals surface area (Å²) in [6.07, 6.45) is 1.84. The third-order valence-corrected chi connectivity index (χ3v) is 4.02. The van der Waals surface area contributed by atoms with Crippen LogP contribution in [0.4, 0.5) is 5.95 Å². The molecule has 2 N–H and O–H groups in total. The normalized spacial score (nSPS) is 12.9. The van der Waals surface area contributed by atoms with E-state index in [2.05, 4.69) is 21.5 Å². The Morgan fingerprint density at radius 2 is 2.22 bits per heavy atom. The number of rotatable bonds is 3. The smallest absolute Gasteiger partial charge is 0.201 e. The number of aromatic nitrogens is 3. The summed E-state index contributed by atoms with van der Waals surface area (Å²) in [5.74, 6) is 0.907. The quantitative estimate of drug-likeness (QED) is 0.786. The number of fused-ring (bicyclic) bond motifs is 1. The SMILES string of the molecule is CC(Cn1c(N)nc2ccccc21)c1nccs1. The number of nitrogens with zero attached hydrogens (tertiary/aromatic N) is 3. The minimum atomic E-state index is 0.338. The summed E-state index contributed by atoms with van der Waals surface area (Å²) >= 11 is 1.68. The molecule has 3 aromatic rings. The highest BCUT2D eigenvalue weighted by molar-refractivity contribution is 7.09. The first kappa shape index (κ1) is 11.2. The highest BCUT2D eigenvalue weighted by Gasteiger charge is 2.13. The van der Waals surface area contributed by atoms with Crippen LogP contribution < -0.4 is 5.73 Å². The zero-order chi connectivity index (χ0) is 12.5. The fraction of sp³-hybridized carbons (Fsp3) is 0.231. The van der Waals surface area contributed by atoms with Gasteiger partial charge in [-0.3, -0.25) is 0 Å². The fourth-order valence-corrected chi connectivity index (χ4v) is 2.81. The lowest BCUT2D eigenvalue weighted by Gasteiger charge is -2.11. The van der Waals surface area contributed by atoms with E-state index in [1.165, 1.54) is 0 Å². The Morgan fingerprint density at radius 3 is 3.00 bits per heavy atom. The van der Waals surface area contributed by atoms with Crippen molar-refractivity contribution < 1.29 is 0 Å². The van der Waals surface area contributed by atoms with Crippen LogP contribution in [-0.2, 0) is 6.54 Å². The Hall–Kier alpha value is -1.88. The molecule has 2 heterocycles. The van der Waals surface area contributed by atoms with E-state index in [1.807, 2.05) is 35.8 Å². The van der Waals surface area contributed by atoms with E-state index in [9.17, 15) is 0 Å². The van der Waals surface area contributed by atoms with Gasteiger partial charge >= 0.3 is 0 Å². The molecule has 92 valence electrons. The van der Waals surface area contributed by atoms with E-state index in [0.29, 0.717) is 11.9 Å². The number of para-hydroxylation sites is 2. The van der Waals surface area contributed by atoms with Crippen molar-refractivity contribution in [2.75, 3.05) is 5.73 Å². The average molecular weight is 258 g/mol. The van der Waals surface area contributed by atoms with E-state index in [1.54, 1.807) is 11.3 Å². The predicted molar refractivity (Wildman–Crippen MR) is 74.7 cm³/mol. The van der Waals surface area contributed by atoms with Gasteiger partial charge < -0.3 is 10.3 Å². The van der Waals surface area contributed by atoms with Crippen molar-refractivity contribution in [2.45, 2.75) is 19.4 Å². The maximum Gasteiger partial charge on any atom is 0.201 e. The molecule has 3 rings (SSSR count). The molecule has 0 fully saturated rings. The van der Waals surface area contributed by atoms with E-state index in [-0.39, 0.29) is 0 Å². The first-order valence-corrected chi connectivity index (χ1v) is 6.74. The van der Waals surface area contributed by atoms with Crippen LogP contribution in [0.5, 0.6) is 0 Å².